The third-order valence-corrected chi connectivity index (χ3v) is 3.44. The molecule has 20 heavy (non-hydrogen) atoms. The Morgan fingerprint density at radius 1 is 1.15 bits per heavy atom. The van der Waals surface area contributed by atoms with Crippen LogP contribution in [0, 0.1) is 17.0 Å². The minimum atomic E-state index is -0.346. The highest BCUT2D eigenvalue weighted by Gasteiger charge is 2.12. The van der Waals surface area contributed by atoms with Gasteiger partial charge in [-0.3, -0.25) is 10.1 Å². The van der Waals surface area contributed by atoms with Gasteiger partial charge in [-0.25, -0.2) is 0 Å². The molecule has 2 aromatic carbocycles. The lowest BCUT2D eigenvalue weighted by Crippen LogP contribution is -1.99. The van der Waals surface area contributed by atoms with E-state index in [0.717, 1.165) is 23.0 Å². The summed E-state index contributed by atoms with van der Waals surface area (Å²) in [5, 5.41) is 11.8. The molecular formula is C16H14N2O2. The highest BCUT2D eigenvalue weighted by Crippen LogP contribution is 2.26. The number of aryl methyl sites for hydroxylation is 1. The highest BCUT2D eigenvalue weighted by molar-refractivity contribution is 5.85. The average molecular weight is 266 g/mol. The Morgan fingerprint density at radius 2 is 1.90 bits per heavy atom. The van der Waals surface area contributed by atoms with Gasteiger partial charge in [-0.15, -0.1) is 0 Å². The molecule has 0 aliphatic rings. The number of rotatable bonds is 3. The van der Waals surface area contributed by atoms with E-state index in [2.05, 4.69) is 16.7 Å². The molecule has 0 N–H and O–H groups in total. The smallest absolute Gasteiger partial charge is 0.270 e. The van der Waals surface area contributed by atoms with E-state index in [9.17, 15) is 10.1 Å². The molecular weight excluding hydrogens is 252 g/mol. The Hall–Kier alpha value is -2.62. The van der Waals surface area contributed by atoms with Crippen LogP contribution in [0.5, 0.6) is 0 Å². The van der Waals surface area contributed by atoms with Crippen LogP contribution in [0.15, 0.2) is 54.7 Å². The first-order chi connectivity index (χ1) is 9.65. The molecule has 0 aliphatic carbocycles. The average Bonchev–Trinajstić information content (AvgIpc) is 2.83. The summed E-state index contributed by atoms with van der Waals surface area (Å²) >= 11 is 0. The summed E-state index contributed by atoms with van der Waals surface area (Å²) in [6.45, 7) is 2.68. The number of nitrogens with zero attached hydrogens (tertiary/aromatic N) is 2. The number of non-ortho nitro benzene ring substituents is 1. The van der Waals surface area contributed by atoms with Gasteiger partial charge in [0.25, 0.3) is 5.69 Å². The number of hydrogen-bond donors (Lipinski definition) is 0. The lowest BCUT2D eigenvalue weighted by molar-refractivity contribution is -0.384. The van der Waals surface area contributed by atoms with Gasteiger partial charge in [0, 0.05) is 30.3 Å². The number of aromatic nitrogens is 1. The molecule has 0 unspecified atom stereocenters. The summed E-state index contributed by atoms with van der Waals surface area (Å²) in [5.74, 6) is 0. The molecule has 0 amide bonds. The Morgan fingerprint density at radius 3 is 2.60 bits per heavy atom. The second-order valence-electron chi connectivity index (χ2n) is 4.89. The van der Waals surface area contributed by atoms with Crippen LogP contribution >= 0.6 is 0 Å². The first kappa shape index (κ1) is 12.4. The van der Waals surface area contributed by atoms with Gasteiger partial charge in [-0.2, -0.15) is 0 Å². The van der Waals surface area contributed by atoms with E-state index >= 15 is 0 Å². The van der Waals surface area contributed by atoms with Gasteiger partial charge >= 0.3 is 0 Å². The van der Waals surface area contributed by atoms with Crippen molar-refractivity contribution < 1.29 is 4.92 Å². The third-order valence-electron chi connectivity index (χ3n) is 3.44. The Labute approximate surface area is 116 Å². The summed E-state index contributed by atoms with van der Waals surface area (Å²) in [7, 11) is 0. The maximum absolute atomic E-state index is 10.9. The Bertz CT molecular complexity index is 776. The predicted octanol–water partition coefficient (Wildman–Crippen LogP) is 3.91. The van der Waals surface area contributed by atoms with E-state index in [1.165, 1.54) is 5.56 Å². The van der Waals surface area contributed by atoms with E-state index in [0.29, 0.717) is 0 Å². The molecule has 0 spiro atoms. The summed E-state index contributed by atoms with van der Waals surface area (Å²) in [6.07, 6.45) is 1.98. The molecule has 0 saturated heterocycles. The summed E-state index contributed by atoms with van der Waals surface area (Å²) in [5.41, 5.74) is 3.34. The number of benzene rings is 2. The van der Waals surface area contributed by atoms with Crippen LogP contribution in [0.25, 0.3) is 10.9 Å². The van der Waals surface area contributed by atoms with Crippen molar-refractivity contribution in [2.24, 2.45) is 0 Å². The predicted molar refractivity (Wildman–Crippen MR) is 78.9 cm³/mol. The van der Waals surface area contributed by atoms with Gasteiger partial charge in [0.15, 0.2) is 0 Å². The van der Waals surface area contributed by atoms with Crippen molar-refractivity contribution in [2.45, 2.75) is 13.5 Å². The van der Waals surface area contributed by atoms with Crippen molar-refractivity contribution in [3.05, 3.63) is 76.0 Å². The first-order valence-corrected chi connectivity index (χ1v) is 6.43. The van der Waals surface area contributed by atoms with Crippen LogP contribution in [0.4, 0.5) is 5.69 Å². The van der Waals surface area contributed by atoms with Crippen LogP contribution in [0.3, 0.4) is 0 Å². The molecule has 0 radical (unpaired) electrons. The third kappa shape index (κ3) is 2.16. The van der Waals surface area contributed by atoms with Crippen molar-refractivity contribution in [3.8, 4) is 0 Å². The van der Waals surface area contributed by atoms with Crippen LogP contribution < -0.4 is 0 Å². The van der Waals surface area contributed by atoms with Crippen molar-refractivity contribution in [2.75, 3.05) is 0 Å². The summed E-state index contributed by atoms with van der Waals surface area (Å²) < 4.78 is 2.13. The standard InChI is InChI=1S/C16H14N2O2/c1-12-9-15(18(19)20)10-14-7-8-17(16(12)14)11-13-5-3-2-4-6-13/h2-10H,11H2,1H3. The van der Waals surface area contributed by atoms with Crippen LogP contribution in [0.1, 0.15) is 11.1 Å². The molecule has 0 bridgehead atoms. The maximum Gasteiger partial charge on any atom is 0.270 e. The van der Waals surface area contributed by atoms with E-state index in [1.54, 1.807) is 12.1 Å². The zero-order valence-electron chi connectivity index (χ0n) is 11.1. The quantitative estimate of drug-likeness (QED) is 0.533. The first-order valence-electron chi connectivity index (χ1n) is 6.43. The molecule has 0 saturated carbocycles. The van der Waals surface area contributed by atoms with Crippen molar-refractivity contribution in [3.63, 3.8) is 0 Å². The second kappa shape index (κ2) is 4.81. The maximum atomic E-state index is 10.9. The lowest BCUT2D eigenvalue weighted by atomic mass is 10.1. The monoisotopic (exact) mass is 266 g/mol. The number of nitro groups is 1. The zero-order chi connectivity index (χ0) is 14.1. The number of hydrogen-bond acceptors (Lipinski definition) is 2. The molecule has 4 nitrogen and oxygen atoms in total. The molecule has 3 rings (SSSR count). The van der Waals surface area contributed by atoms with E-state index in [1.807, 2.05) is 37.4 Å². The van der Waals surface area contributed by atoms with Crippen molar-refractivity contribution >= 4 is 16.6 Å². The minimum absolute atomic E-state index is 0.146. The molecule has 0 aliphatic heterocycles. The number of fused-ring (bicyclic) bond motifs is 1. The largest absolute Gasteiger partial charge is 0.343 e. The van der Waals surface area contributed by atoms with Gasteiger partial charge < -0.3 is 4.57 Å². The van der Waals surface area contributed by atoms with E-state index < -0.39 is 0 Å². The minimum Gasteiger partial charge on any atom is -0.343 e. The Balaban J connectivity index is 2.07. The van der Waals surface area contributed by atoms with Gasteiger partial charge in [-0.1, -0.05) is 30.3 Å². The fraction of sp³-hybridized carbons (Fsp3) is 0.125. The van der Waals surface area contributed by atoms with E-state index in [4.69, 9.17) is 0 Å². The molecule has 1 heterocycles. The highest BCUT2D eigenvalue weighted by atomic mass is 16.6. The Kier molecular flexibility index (Phi) is 2.99. The van der Waals surface area contributed by atoms with E-state index in [-0.39, 0.29) is 10.6 Å². The normalized spacial score (nSPS) is 10.8. The lowest BCUT2D eigenvalue weighted by Gasteiger charge is -2.08. The topological polar surface area (TPSA) is 48.1 Å². The summed E-state index contributed by atoms with van der Waals surface area (Å²) in [6, 6.07) is 15.4. The SMILES string of the molecule is Cc1cc([N+](=O)[O-])cc2ccn(Cc3ccccc3)c12. The fourth-order valence-electron chi connectivity index (χ4n) is 2.57. The molecule has 1 aromatic heterocycles. The summed E-state index contributed by atoms with van der Waals surface area (Å²) in [4.78, 5) is 10.5. The fourth-order valence-corrected chi connectivity index (χ4v) is 2.57. The second-order valence-corrected chi connectivity index (χ2v) is 4.89. The van der Waals surface area contributed by atoms with Gasteiger partial charge in [0.1, 0.15) is 0 Å². The molecule has 0 atom stereocenters. The van der Waals surface area contributed by atoms with Crippen molar-refractivity contribution in [1.29, 1.82) is 0 Å². The number of nitro benzene ring substituents is 1. The van der Waals surface area contributed by atoms with Crippen molar-refractivity contribution in [1.82, 2.24) is 4.57 Å². The van der Waals surface area contributed by atoms with Crippen LogP contribution in [-0.2, 0) is 6.54 Å². The molecule has 3 aromatic rings. The van der Waals surface area contributed by atoms with Crippen LogP contribution in [0.2, 0.25) is 0 Å². The zero-order valence-corrected chi connectivity index (χ0v) is 11.1. The van der Waals surface area contributed by atoms with Gasteiger partial charge in [0.2, 0.25) is 0 Å². The van der Waals surface area contributed by atoms with Crippen LogP contribution in [-0.4, -0.2) is 9.49 Å². The molecule has 0 fully saturated rings. The molecule has 100 valence electrons. The van der Waals surface area contributed by atoms with Gasteiger partial charge in [0.05, 0.1) is 10.4 Å². The van der Waals surface area contributed by atoms with Gasteiger partial charge in [-0.05, 0) is 24.1 Å². The molecule has 4 heteroatoms.